The average Bonchev–Trinajstić information content (AvgIpc) is 2.61. The third-order valence-electron chi connectivity index (χ3n) is 3.64. The van der Waals surface area contributed by atoms with E-state index in [1.165, 1.54) is 0 Å². The van der Waals surface area contributed by atoms with E-state index in [0.29, 0.717) is 0 Å². The van der Waals surface area contributed by atoms with Crippen molar-refractivity contribution in [3.8, 4) is 5.75 Å². The molecule has 1 aromatic rings. The minimum absolute atomic E-state index is 0.294. The van der Waals surface area contributed by atoms with Crippen LogP contribution in [-0.4, -0.2) is 25.4 Å². The Morgan fingerprint density at radius 2 is 1.32 bits per heavy atom. The summed E-state index contributed by atoms with van der Waals surface area (Å²) in [7, 11) is 1.36. The highest BCUT2D eigenvalue weighted by Gasteiger charge is 2.51. The third-order valence-corrected chi connectivity index (χ3v) is 3.64. The van der Waals surface area contributed by atoms with Gasteiger partial charge in [0.15, 0.2) is 0 Å². The van der Waals surface area contributed by atoms with Gasteiger partial charge in [-0.25, -0.2) is 0 Å². The maximum atomic E-state index is 5.96. The van der Waals surface area contributed by atoms with Crippen LogP contribution < -0.4 is 10.2 Å². The van der Waals surface area contributed by atoms with Crippen LogP contribution in [0.5, 0.6) is 5.75 Å². The monoisotopic (exact) mass is 264 g/mol. The van der Waals surface area contributed by atoms with Crippen LogP contribution in [-0.2, 0) is 9.31 Å². The zero-order valence-electron chi connectivity index (χ0n) is 13.1. The van der Waals surface area contributed by atoms with Gasteiger partial charge in [0.05, 0.1) is 18.3 Å². The molecule has 0 unspecified atom stereocenters. The molecular formula is C15H25BO3. The minimum Gasteiger partial charge on any atom is -0.497 e. The molecular weight excluding hydrogens is 239 g/mol. The SMILES string of the molecule is CC.COc1ccc(B2OC(C)(C)C(C)(C)O2)cc1. The van der Waals surface area contributed by atoms with E-state index in [2.05, 4.69) is 27.7 Å². The van der Waals surface area contributed by atoms with E-state index in [9.17, 15) is 0 Å². The maximum absolute atomic E-state index is 5.96. The summed E-state index contributed by atoms with van der Waals surface area (Å²) >= 11 is 0. The first-order valence-electron chi connectivity index (χ1n) is 6.85. The second kappa shape index (κ2) is 5.97. The zero-order chi connectivity index (χ0) is 14.7. The molecule has 106 valence electrons. The summed E-state index contributed by atoms with van der Waals surface area (Å²) in [6.45, 7) is 12.2. The predicted molar refractivity (Wildman–Crippen MR) is 80.1 cm³/mol. The van der Waals surface area contributed by atoms with Gasteiger partial charge < -0.3 is 14.0 Å². The summed E-state index contributed by atoms with van der Waals surface area (Å²) in [6.07, 6.45) is 0. The number of methoxy groups -OCH3 is 1. The Kier molecular flexibility index (Phi) is 5.05. The Labute approximate surface area is 117 Å². The van der Waals surface area contributed by atoms with Gasteiger partial charge in [-0.1, -0.05) is 26.0 Å². The van der Waals surface area contributed by atoms with Crippen molar-refractivity contribution in [2.75, 3.05) is 7.11 Å². The predicted octanol–water partition coefficient (Wildman–Crippen LogP) is 3.02. The lowest BCUT2D eigenvalue weighted by Crippen LogP contribution is -2.41. The van der Waals surface area contributed by atoms with Gasteiger partial charge in [-0.05, 0) is 45.3 Å². The van der Waals surface area contributed by atoms with E-state index in [4.69, 9.17) is 14.0 Å². The number of rotatable bonds is 2. The first-order valence-corrected chi connectivity index (χ1v) is 6.85. The summed E-state index contributed by atoms with van der Waals surface area (Å²) in [5, 5.41) is 0. The van der Waals surface area contributed by atoms with Gasteiger partial charge in [-0.15, -0.1) is 0 Å². The smallest absolute Gasteiger partial charge is 0.494 e. The Balaban J connectivity index is 0.000000861. The Bertz CT molecular complexity index is 382. The van der Waals surface area contributed by atoms with Crippen LogP contribution in [0.2, 0.25) is 0 Å². The highest BCUT2D eigenvalue weighted by atomic mass is 16.7. The molecule has 4 heteroatoms. The summed E-state index contributed by atoms with van der Waals surface area (Å²) in [5.74, 6) is 0.838. The molecule has 1 aromatic carbocycles. The molecule has 3 nitrogen and oxygen atoms in total. The molecule has 0 saturated carbocycles. The second-order valence-electron chi connectivity index (χ2n) is 5.36. The van der Waals surface area contributed by atoms with Crippen LogP contribution in [0.3, 0.4) is 0 Å². The van der Waals surface area contributed by atoms with Crippen LogP contribution in [0.15, 0.2) is 24.3 Å². The standard InChI is InChI=1S/C13H19BO3.C2H6/c1-12(2)13(3,4)17-14(16-12)10-6-8-11(15-5)9-7-10;1-2/h6-9H,1-5H3;1-2H3. The van der Waals surface area contributed by atoms with Crippen LogP contribution >= 0.6 is 0 Å². The zero-order valence-corrected chi connectivity index (χ0v) is 13.1. The molecule has 1 saturated heterocycles. The first-order chi connectivity index (χ1) is 8.86. The van der Waals surface area contributed by atoms with Gasteiger partial charge in [0.25, 0.3) is 0 Å². The van der Waals surface area contributed by atoms with Crippen molar-refractivity contribution in [1.82, 2.24) is 0 Å². The molecule has 0 bridgehead atoms. The van der Waals surface area contributed by atoms with E-state index in [0.717, 1.165) is 11.2 Å². The van der Waals surface area contributed by atoms with Crippen molar-refractivity contribution in [2.45, 2.75) is 52.7 Å². The van der Waals surface area contributed by atoms with Crippen LogP contribution in [0.1, 0.15) is 41.5 Å². The number of ether oxygens (including phenoxy) is 1. The summed E-state index contributed by atoms with van der Waals surface area (Å²) in [6, 6.07) is 7.78. The van der Waals surface area contributed by atoms with E-state index < -0.39 is 0 Å². The topological polar surface area (TPSA) is 27.7 Å². The van der Waals surface area contributed by atoms with Gasteiger partial charge in [0, 0.05) is 0 Å². The fourth-order valence-electron chi connectivity index (χ4n) is 1.74. The quantitative estimate of drug-likeness (QED) is 0.768. The number of hydrogen-bond donors (Lipinski definition) is 0. The molecule has 0 aliphatic carbocycles. The van der Waals surface area contributed by atoms with Gasteiger partial charge in [-0.3, -0.25) is 0 Å². The van der Waals surface area contributed by atoms with Gasteiger partial charge in [0.1, 0.15) is 5.75 Å². The number of hydrogen-bond acceptors (Lipinski definition) is 3. The Morgan fingerprint density at radius 1 is 0.895 bits per heavy atom. The Morgan fingerprint density at radius 3 is 1.68 bits per heavy atom. The lowest BCUT2D eigenvalue weighted by Gasteiger charge is -2.32. The normalized spacial score (nSPS) is 19.6. The van der Waals surface area contributed by atoms with Gasteiger partial charge >= 0.3 is 7.12 Å². The summed E-state index contributed by atoms with van der Waals surface area (Å²) in [5.41, 5.74) is 0.430. The van der Waals surface area contributed by atoms with E-state index in [1.807, 2.05) is 38.1 Å². The maximum Gasteiger partial charge on any atom is 0.494 e. The van der Waals surface area contributed by atoms with Crippen LogP contribution in [0, 0.1) is 0 Å². The first kappa shape index (κ1) is 16.1. The molecule has 0 atom stereocenters. The molecule has 19 heavy (non-hydrogen) atoms. The van der Waals surface area contributed by atoms with E-state index >= 15 is 0 Å². The number of benzene rings is 1. The van der Waals surface area contributed by atoms with Crippen molar-refractivity contribution in [2.24, 2.45) is 0 Å². The van der Waals surface area contributed by atoms with Gasteiger partial charge in [0.2, 0.25) is 0 Å². The molecule has 0 radical (unpaired) electrons. The highest BCUT2D eigenvalue weighted by molar-refractivity contribution is 6.62. The largest absolute Gasteiger partial charge is 0.497 e. The second-order valence-corrected chi connectivity index (χ2v) is 5.36. The van der Waals surface area contributed by atoms with Crippen molar-refractivity contribution in [3.05, 3.63) is 24.3 Å². The third kappa shape index (κ3) is 3.31. The molecule has 1 aliphatic rings. The lowest BCUT2D eigenvalue weighted by atomic mass is 9.79. The van der Waals surface area contributed by atoms with Crippen molar-refractivity contribution in [3.63, 3.8) is 0 Å². The lowest BCUT2D eigenvalue weighted by molar-refractivity contribution is 0.00578. The van der Waals surface area contributed by atoms with Gasteiger partial charge in [-0.2, -0.15) is 0 Å². The van der Waals surface area contributed by atoms with Crippen molar-refractivity contribution >= 4 is 12.6 Å². The highest BCUT2D eigenvalue weighted by Crippen LogP contribution is 2.36. The fourth-order valence-corrected chi connectivity index (χ4v) is 1.74. The average molecular weight is 264 g/mol. The fraction of sp³-hybridized carbons (Fsp3) is 0.600. The Hall–Kier alpha value is -0.995. The molecule has 0 spiro atoms. The van der Waals surface area contributed by atoms with Crippen molar-refractivity contribution < 1.29 is 14.0 Å². The molecule has 1 heterocycles. The molecule has 0 aromatic heterocycles. The molecule has 1 fully saturated rings. The minimum atomic E-state index is -0.300. The van der Waals surface area contributed by atoms with Crippen LogP contribution in [0.4, 0.5) is 0 Å². The molecule has 0 N–H and O–H groups in total. The molecule has 2 rings (SSSR count). The molecule has 1 aliphatic heterocycles. The van der Waals surface area contributed by atoms with Crippen molar-refractivity contribution in [1.29, 1.82) is 0 Å². The molecule has 0 amide bonds. The summed E-state index contributed by atoms with van der Waals surface area (Å²) < 4.78 is 17.1. The van der Waals surface area contributed by atoms with E-state index in [1.54, 1.807) is 7.11 Å². The summed E-state index contributed by atoms with van der Waals surface area (Å²) in [4.78, 5) is 0. The van der Waals surface area contributed by atoms with Crippen LogP contribution in [0.25, 0.3) is 0 Å². The van der Waals surface area contributed by atoms with E-state index in [-0.39, 0.29) is 18.3 Å².